The van der Waals surface area contributed by atoms with E-state index in [-0.39, 0.29) is 25.5 Å². The molecule has 0 radical (unpaired) electrons. The Bertz CT molecular complexity index is 528. The summed E-state index contributed by atoms with van der Waals surface area (Å²) in [6.45, 7) is 0.421. The van der Waals surface area contributed by atoms with Crippen molar-refractivity contribution >= 4 is 23.5 Å². The maximum atomic E-state index is 11.7. The van der Waals surface area contributed by atoms with Crippen LogP contribution in [0, 0.1) is 5.41 Å². The zero-order valence-electron chi connectivity index (χ0n) is 11.6. The Labute approximate surface area is 128 Å². The van der Waals surface area contributed by atoms with Gasteiger partial charge in [0.2, 0.25) is 5.91 Å². The summed E-state index contributed by atoms with van der Waals surface area (Å²) in [6.07, 6.45) is 2.34. The van der Waals surface area contributed by atoms with Crippen molar-refractivity contribution in [3.05, 3.63) is 29.3 Å². The van der Waals surface area contributed by atoms with Gasteiger partial charge in [0.25, 0.3) is 0 Å². The van der Waals surface area contributed by atoms with Gasteiger partial charge in [-0.1, -0.05) is 24.1 Å². The molecule has 2 rings (SSSR count). The van der Waals surface area contributed by atoms with Gasteiger partial charge in [0.1, 0.15) is 5.75 Å². The fourth-order valence-corrected chi connectivity index (χ4v) is 2.42. The largest absolute Gasteiger partial charge is 0.493 e. The van der Waals surface area contributed by atoms with Crippen LogP contribution in [0.3, 0.4) is 0 Å². The van der Waals surface area contributed by atoms with Crippen molar-refractivity contribution < 1.29 is 19.4 Å². The highest BCUT2D eigenvalue weighted by molar-refractivity contribution is 6.30. The molecule has 1 saturated carbocycles. The highest BCUT2D eigenvalue weighted by Crippen LogP contribution is 2.40. The smallest absolute Gasteiger partial charge is 0.311 e. The van der Waals surface area contributed by atoms with E-state index in [0.717, 1.165) is 6.42 Å². The van der Waals surface area contributed by atoms with Gasteiger partial charge in [0, 0.05) is 11.6 Å². The lowest BCUT2D eigenvalue weighted by Gasteiger charge is -2.37. The average Bonchev–Trinajstić information content (AvgIpc) is 2.37. The van der Waals surface area contributed by atoms with Gasteiger partial charge in [-0.2, -0.15) is 0 Å². The molecule has 0 heterocycles. The Hall–Kier alpha value is -1.75. The van der Waals surface area contributed by atoms with Crippen LogP contribution in [0.4, 0.5) is 0 Å². The number of nitrogens with one attached hydrogen (secondary N) is 1. The average molecular weight is 312 g/mol. The first-order valence-electron chi connectivity index (χ1n) is 6.90. The van der Waals surface area contributed by atoms with Gasteiger partial charge in [-0.05, 0) is 31.0 Å². The Kier molecular flexibility index (Phi) is 5.07. The lowest BCUT2D eigenvalue weighted by Crippen LogP contribution is -2.47. The highest BCUT2D eigenvalue weighted by atomic mass is 35.5. The molecule has 1 aromatic rings. The number of carbonyl (C=O) groups excluding carboxylic acids is 1. The summed E-state index contributed by atoms with van der Waals surface area (Å²) in [7, 11) is 0. The molecule has 1 aromatic carbocycles. The summed E-state index contributed by atoms with van der Waals surface area (Å²) in [4.78, 5) is 22.9. The third kappa shape index (κ3) is 4.11. The van der Waals surface area contributed by atoms with Crippen molar-refractivity contribution in [1.82, 2.24) is 5.32 Å². The second-order valence-electron chi connectivity index (χ2n) is 5.27. The van der Waals surface area contributed by atoms with Gasteiger partial charge >= 0.3 is 5.97 Å². The van der Waals surface area contributed by atoms with Crippen LogP contribution in [0.2, 0.25) is 5.02 Å². The fraction of sp³-hybridized carbons (Fsp3) is 0.467. The molecule has 0 bridgehead atoms. The number of benzene rings is 1. The maximum absolute atomic E-state index is 11.7. The van der Waals surface area contributed by atoms with Crippen molar-refractivity contribution in [2.75, 3.05) is 13.2 Å². The van der Waals surface area contributed by atoms with E-state index in [1.807, 2.05) is 0 Å². The predicted molar refractivity (Wildman–Crippen MR) is 78.5 cm³/mol. The number of carboxylic acid groups (broad SMARTS) is 1. The second kappa shape index (κ2) is 6.80. The van der Waals surface area contributed by atoms with Gasteiger partial charge in [0.05, 0.1) is 18.4 Å². The summed E-state index contributed by atoms with van der Waals surface area (Å²) in [5.74, 6) is -0.426. The summed E-state index contributed by atoms with van der Waals surface area (Å²) < 4.78 is 5.42. The number of hydrogen-bond donors (Lipinski definition) is 2. The first-order valence-corrected chi connectivity index (χ1v) is 7.28. The quantitative estimate of drug-likeness (QED) is 0.811. The van der Waals surface area contributed by atoms with Crippen LogP contribution in [0.1, 0.15) is 25.7 Å². The van der Waals surface area contributed by atoms with Crippen LogP contribution in [-0.4, -0.2) is 30.1 Å². The van der Waals surface area contributed by atoms with E-state index in [4.69, 9.17) is 21.4 Å². The summed E-state index contributed by atoms with van der Waals surface area (Å²) >= 11 is 5.82. The van der Waals surface area contributed by atoms with Crippen molar-refractivity contribution in [2.45, 2.75) is 25.7 Å². The van der Waals surface area contributed by atoms with Crippen molar-refractivity contribution in [1.29, 1.82) is 0 Å². The maximum Gasteiger partial charge on any atom is 0.311 e. The first-order chi connectivity index (χ1) is 10.0. The molecule has 114 valence electrons. The Morgan fingerprint density at radius 1 is 1.38 bits per heavy atom. The monoisotopic (exact) mass is 311 g/mol. The molecule has 0 aliphatic heterocycles. The number of ether oxygens (including phenoxy) is 1. The van der Waals surface area contributed by atoms with E-state index in [2.05, 4.69) is 5.32 Å². The Morgan fingerprint density at radius 2 is 2.14 bits per heavy atom. The SMILES string of the molecule is O=C(CCOc1cccc(Cl)c1)NCC1(C(=O)O)CCC1. The number of aliphatic carboxylic acids is 1. The number of rotatable bonds is 7. The van der Waals surface area contributed by atoms with Crippen molar-refractivity contribution in [3.8, 4) is 5.75 Å². The van der Waals surface area contributed by atoms with Gasteiger partial charge in [-0.3, -0.25) is 9.59 Å². The molecule has 0 saturated heterocycles. The summed E-state index contributed by atoms with van der Waals surface area (Å²) in [5, 5.41) is 12.4. The molecule has 6 heteroatoms. The summed E-state index contributed by atoms with van der Waals surface area (Å²) in [5.41, 5.74) is -0.760. The Morgan fingerprint density at radius 3 is 2.71 bits per heavy atom. The van der Waals surface area contributed by atoms with E-state index in [1.165, 1.54) is 0 Å². The van der Waals surface area contributed by atoms with E-state index in [1.54, 1.807) is 24.3 Å². The molecule has 21 heavy (non-hydrogen) atoms. The molecule has 1 fully saturated rings. The minimum absolute atomic E-state index is 0.183. The lowest BCUT2D eigenvalue weighted by molar-refractivity contribution is -0.154. The molecular formula is C15H18ClNO4. The van der Waals surface area contributed by atoms with Crippen LogP contribution in [-0.2, 0) is 9.59 Å². The molecular weight excluding hydrogens is 294 g/mol. The lowest BCUT2D eigenvalue weighted by atomic mass is 9.69. The van der Waals surface area contributed by atoms with Gasteiger partial charge in [0.15, 0.2) is 0 Å². The first kappa shape index (κ1) is 15.6. The van der Waals surface area contributed by atoms with E-state index in [9.17, 15) is 9.59 Å². The zero-order valence-corrected chi connectivity index (χ0v) is 12.4. The normalized spacial score (nSPS) is 15.9. The third-order valence-electron chi connectivity index (χ3n) is 3.78. The predicted octanol–water partition coefficient (Wildman–Crippen LogP) is 2.48. The minimum atomic E-state index is -0.829. The fourth-order valence-electron chi connectivity index (χ4n) is 2.24. The van der Waals surface area contributed by atoms with E-state index >= 15 is 0 Å². The topological polar surface area (TPSA) is 75.6 Å². The number of carbonyl (C=O) groups is 2. The molecule has 5 nitrogen and oxygen atoms in total. The van der Waals surface area contributed by atoms with Gasteiger partial charge < -0.3 is 15.2 Å². The van der Waals surface area contributed by atoms with Gasteiger partial charge in [-0.15, -0.1) is 0 Å². The van der Waals surface area contributed by atoms with Gasteiger partial charge in [-0.25, -0.2) is 0 Å². The molecule has 1 aliphatic rings. The van der Waals surface area contributed by atoms with Crippen LogP contribution < -0.4 is 10.1 Å². The Balaban J connectivity index is 1.69. The van der Waals surface area contributed by atoms with E-state index < -0.39 is 11.4 Å². The van der Waals surface area contributed by atoms with E-state index in [0.29, 0.717) is 23.6 Å². The van der Waals surface area contributed by atoms with Crippen LogP contribution in [0.5, 0.6) is 5.75 Å². The molecule has 1 aliphatic carbocycles. The minimum Gasteiger partial charge on any atom is -0.493 e. The zero-order chi connectivity index (χ0) is 15.3. The van der Waals surface area contributed by atoms with Crippen molar-refractivity contribution in [3.63, 3.8) is 0 Å². The number of carboxylic acids is 1. The van der Waals surface area contributed by atoms with Crippen LogP contribution >= 0.6 is 11.6 Å². The molecule has 0 unspecified atom stereocenters. The standard InChI is InChI=1S/C15H18ClNO4/c16-11-3-1-4-12(9-11)21-8-5-13(18)17-10-15(14(19)20)6-2-7-15/h1,3-4,9H,2,5-8,10H2,(H,17,18)(H,19,20). The molecule has 1 amide bonds. The van der Waals surface area contributed by atoms with Crippen molar-refractivity contribution in [2.24, 2.45) is 5.41 Å². The second-order valence-corrected chi connectivity index (χ2v) is 5.71. The van der Waals surface area contributed by atoms with Crippen LogP contribution in [0.25, 0.3) is 0 Å². The third-order valence-corrected chi connectivity index (χ3v) is 4.02. The number of amides is 1. The molecule has 0 atom stereocenters. The molecule has 2 N–H and O–H groups in total. The summed E-state index contributed by atoms with van der Waals surface area (Å²) in [6, 6.07) is 6.95. The molecule has 0 spiro atoms. The number of hydrogen-bond acceptors (Lipinski definition) is 3. The molecule has 0 aromatic heterocycles. The van der Waals surface area contributed by atoms with Crippen LogP contribution in [0.15, 0.2) is 24.3 Å². The highest BCUT2D eigenvalue weighted by Gasteiger charge is 2.44. The number of halogens is 1.